The van der Waals surface area contributed by atoms with Crippen molar-refractivity contribution in [3.8, 4) is 0 Å². The molecule has 1 aromatic carbocycles. The van der Waals surface area contributed by atoms with Gasteiger partial charge in [0.15, 0.2) is 0 Å². The fourth-order valence-corrected chi connectivity index (χ4v) is 2.45. The van der Waals surface area contributed by atoms with Gasteiger partial charge in [0, 0.05) is 11.0 Å². The fraction of sp³-hybridized carbons (Fsp3) is 0.333. The van der Waals surface area contributed by atoms with E-state index < -0.39 is 0 Å². The lowest BCUT2D eigenvalue weighted by Gasteiger charge is -2.22. The lowest BCUT2D eigenvalue weighted by Crippen LogP contribution is -2.38. The standard InChI is InChI=1S/C12H14BrClN2OS/c1-2-5-16(7-11(15)18)12(17)9-4-3-8(13)6-10(9)14/h3-4,6H,2,5,7H2,1H3,(H2,15,18). The van der Waals surface area contributed by atoms with Gasteiger partial charge in [0.25, 0.3) is 5.91 Å². The van der Waals surface area contributed by atoms with Crippen molar-refractivity contribution in [1.82, 2.24) is 4.90 Å². The van der Waals surface area contributed by atoms with Gasteiger partial charge in [-0.1, -0.05) is 46.7 Å². The van der Waals surface area contributed by atoms with Crippen LogP contribution >= 0.6 is 39.7 Å². The van der Waals surface area contributed by atoms with Crippen molar-refractivity contribution in [1.29, 1.82) is 0 Å². The largest absolute Gasteiger partial charge is 0.392 e. The van der Waals surface area contributed by atoms with Crippen LogP contribution in [-0.2, 0) is 0 Å². The number of carbonyl (C=O) groups is 1. The van der Waals surface area contributed by atoms with Crippen molar-refractivity contribution in [2.24, 2.45) is 5.73 Å². The zero-order valence-electron chi connectivity index (χ0n) is 9.95. The summed E-state index contributed by atoms with van der Waals surface area (Å²) in [4.78, 5) is 14.2. The minimum absolute atomic E-state index is 0.151. The maximum absolute atomic E-state index is 12.3. The molecule has 0 spiro atoms. The molecule has 0 aliphatic carbocycles. The van der Waals surface area contributed by atoms with E-state index in [2.05, 4.69) is 15.9 Å². The lowest BCUT2D eigenvalue weighted by atomic mass is 10.2. The predicted molar refractivity (Wildman–Crippen MR) is 82.1 cm³/mol. The molecule has 18 heavy (non-hydrogen) atoms. The third kappa shape index (κ3) is 4.23. The van der Waals surface area contributed by atoms with Crippen LogP contribution in [0.4, 0.5) is 0 Å². The highest BCUT2D eigenvalue weighted by Gasteiger charge is 2.18. The maximum Gasteiger partial charge on any atom is 0.255 e. The van der Waals surface area contributed by atoms with Crippen LogP contribution in [0.5, 0.6) is 0 Å². The quantitative estimate of drug-likeness (QED) is 0.830. The predicted octanol–water partition coefficient (Wildman–Crippen LogP) is 3.24. The average Bonchev–Trinajstić information content (AvgIpc) is 2.27. The zero-order valence-corrected chi connectivity index (χ0v) is 13.1. The van der Waals surface area contributed by atoms with Crippen LogP contribution in [0.3, 0.4) is 0 Å². The van der Waals surface area contributed by atoms with Crippen LogP contribution in [-0.4, -0.2) is 28.9 Å². The highest BCUT2D eigenvalue weighted by Crippen LogP contribution is 2.22. The summed E-state index contributed by atoms with van der Waals surface area (Å²) in [5.74, 6) is -0.151. The summed E-state index contributed by atoms with van der Waals surface area (Å²) in [5.41, 5.74) is 5.96. The third-order valence-electron chi connectivity index (χ3n) is 2.29. The Morgan fingerprint density at radius 1 is 1.56 bits per heavy atom. The summed E-state index contributed by atoms with van der Waals surface area (Å²) < 4.78 is 0.834. The minimum atomic E-state index is -0.151. The molecule has 0 radical (unpaired) electrons. The van der Waals surface area contributed by atoms with Crippen LogP contribution in [0.25, 0.3) is 0 Å². The van der Waals surface area contributed by atoms with Gasteiger partial charge in [0.1, 0.15) is 0 Å². The number of hydrogen-bond donors (Lipinski definition) is 1. The second kappa shape index (κ2) is 7.07. The maximum atomic E-state index is 12.3. The first-order valence-electron chi connectivity index (χ1n) is 5.48. The number of carbonyl (C=O) groups excluding carboxylic acids is 1. The van der Waals surface area contributed by atoms with Gasteiger partial charge < -0.3 is 10.6 Å². The molecule has 0 aliphatic heterocycles. The number of hydrogen-bond acceptors (Lipinski definition) is 2. The molecule has 1 amide bonds. The first-order valence-corrected chi connectivity index (χ1v) is 7.06. The third-order valence-corrected chi connectivity index (χ3v) is 3.22. The zero-order chi connectivity index (χ0) is 13.7. The van der Waals surface area contributed by atoms with Crippen LogP contribution in [0.15, 0.2) is 22.7 Å². The van der Waals surface area contributed by atoms with Gasteiger partial charge in [-0.2, -0.15) is 0 Å². The van der Waals surface area contributed by atoms with E-state index in [4.69, 9.17) is 29.6 Å². The minimum Gasteiger partial charge on any atom is -0.392 e. The van der Waals surface area contributed by atoms with Gasteiger partial charge >= 0.3 is 0 Å². The Balaban J connectivity index is 2.97. The number of thiocarbonyl (C=S) groups is 1. The van der Waals surface area contributed by atoms with Gasteiger partial charge in [0.2, 0.25) is 0 Å². The van der Waals surface area contributed by atoms with Crippen molar-refractivity contribution < 1.29 is 4.79 Å². The Kier molecular flexibility index (Phi) is 6.05. The van der Waals surface area contributed by atoms with E-state index in [1.165, 1.54) is 0 Å². The van der Waals surface area contributed by atoms with Gasteiger partial charge in [0.05, 0.1) is 22.1 Å². The number of nitrogens with two attached hydrogens (primary N) is 1. The Hall–Kier alpha value is -0.650. The van der Waals surface area contributed by atoms with Gasteiger partial charge in [-0.05, 0) is 24.6 Å². The topological polar surface area (TPSA) is 46.3 Å². The van der Waals surface area contributed by atoms with Crippen molar-refractivity contribution in [2.75, 3.05) is 13.1 Å². The molecular formula is C12H14BrClN2OS. The van der Waals surface area contributed by atoms with E-state index in [1.807, 2.05) is 6.92 Å². The second-order valence-corrected chi connectivity index (χ2v) is 5.66. The van der Waals surface area contributed by atoms with Crippen LogP contribution < -0.4 is 5.73 Å². The molecular weight excluding hydrogens is 336 g/mol. The van der Waals surface area contributed by atoms with Crippen molar-refractivity contribution in [3.05, 3.63) is 33.3 Å². The molecule has 6 heteroatoms. The SMILES string of the molecule is CCCN(CC(N)=S)C(=O)c1ccc(Br)cc1Cl. The highest BCUT2D eigenvalue weighted by molar-refractivity contribution is 9.10. The summed E-state index contributed by atoms with van der Waals surface area (Å²) in [6, 6.07) is 5.17. The van der Waals surface area contributed by atoms with Crippen molar-refractivity contribution in [3.63, 3.8) is 0 Å². The fourth-order valence-electron chi connectivity index (χ4n) is 1.54. The first-order chi connectivity index (χ1) is 8.45. The molecule has 1 rings (SSSR count). The molecule has 98 valence electrons. The van der Waals surface area contributed by atoms with Crippen molar-refractivity contribution in [2.45, 2.75) is 13.3 Å². The molecule has 0 fully saturated rings. The number of nitrogens with zero attached hydrogens (tertiary/aromatic N) is 1. The second-order valence-electron chi connectivity index (χ2n) is 3.82. The van der Waals surface area contributed by atoms with Gasteiger partial charge in [-0.15, -0.1) is 0 Å². The van der Waals surface area contributed by atoms with Crippen LogP contribution in [0.1, 0.15) is 23.7 Å². The lowest BCUT2D eigenvalue weighted by molar-refractivity contribution is 0.0780. The molecule has 0 atom stereocenters. The molecule has 0 saturated carbocycles. The van der Waals surface area contributed by atoms with Gasteiger partial charge in [-0.25, -0.2) is 0 Å². The Morgan fingerprint density at radius 3 is 2.72 bits per heavy atom. The smallest absolute Gasteiger partial charge is 0.255 e. The normalized spacial score (nSPS) is 10.2. The number of rotatable bonds is 5. The summed E-state index contributed by atoms with van der Waals surface area (Å²) >= 11 is 14.2. The molecule has 0 heterocycles. The number of halogens is 2. The molecule has 0 aliphatic rings. The monoisotopic (exact) mass is 348 g/mol. The average molecular weight is 350 g/mol. The van der Waals surface area contributed by atoms with E-state index >= 15 is 0 Å². The Labute approximate surface area is 125 Å². The van der Waals surface area contributed by atoms with E-state index in [0.29, 0.717) is 22.1 Å². The van der Waals surface area contributed by atoms with E-state index in [0.717, 1.165) is 10.9 Å². The van der Waals surface area contributed by atoms with E-state index in [9.17, 15) is 4.79 Å². The van der Waals surface area contributed by atoms with E-state index in [-0.39, 0.29) is 12.5 Å². The summed E-state index contributed by atoms with van der Waals surface area (Å²) in [6.45, 7) is 2.86. The molecule has 0 aromatic heterocycles. The number of amides is 1. The first kappa shape index (κ1) is 15.4. The molecule has 0 unspecified atom stereocenters. The summed E-state index contributed by atoms with van der Waals surface area (Å²) in [5, 5.41) is 0.415. The van der Waals surface area contributed by atoms with Gasteiger partial charge in [-0.3, -0.25) is 4.79 Å². The summed E-state index contributed by atoms with van der Waals surface area (Å²) in [6.07, 6.45) is 0.836. The molecule has 1 aromatic rings. The molecule has 0 bridgehead atoms. The number of benzene rings is 1. The highest BCUT2D eigenvalue weighted by atomic mass is 79.9. The van der Waals surface area contributed by atoms with Crippen molar-refractivity contribution >= 4 is 50.6 Å². The van der Waals surface area contributed by atoms with Crippen LogP contribution in [0.2, 0.25) is 5.02 Å². The Morgan fingerprint density at radius 2 is 2.22 bits per heavy atom. The van der Waals surface area contributed by atoms with E-state index in [1.54, 1.807) is 23.1 Å². The molecule has 0 saturated heterocycles. The molecule has 3 nitrogen and oxygen atoms in total. The van der Waals surface area contributed by atoms with Crippen LogP contribution in [0, 0.1) is 0 Å². The molecule has 2 N–H and O–H groups in total. The Bertz CT molecular complexity index is 467. The summed E-state index contributed by atoms with van der Waals surface area (Å²) in [7, 11) is 0.